The Hall–Kier alpha value is -1.32. The minimum atomic E-state index is 0.744. The highest BCUT2D eigenvalue weighted by Crippen LogP contribution is 2.23. The van der Waals surface area contributed by atoms with Crippen molar-refractivity contribution >= 4 is 11.8 Å². The Morgan fingerprint density at radius 1 is 1.24 bits per heavy atom. The maximum atomic E-state index is 4.87. The summed E-state index contributed by atoms with van der Waals surface area (Å²) in [5.74, 6) is 2.77. The molecule has 0 N–H and O–H groups in total. The molecule has 4 nitrogen and oxygen atoms in total. The number of aryl methyl sites for hydroxylation is 1. The number of rotatable bonds is 6. The topological polar surface area (TPSA) is 32.3 Å². The first-order valence-corrected chi connectivity index (χ1v) is 8.49. The molecule has 2 rings (SSSR count). The van der Waals surface area contributed by atoms with Crippen LogP contribution in [0.5, 0.6) is 0 Å². The molecule has 1 fully saturated rings. The molecule has 0 radical (unpaired) electrons. The minimum Gasteiger partial charge on any atom is -0.356 e. The highest BCUT2D eigenvalue weighted by atomic mass is 15.3. The standard InChI is InChI=1S/C17H30N4/c1-5-9-20(10-6-2)16-12-15(4)18-17(19-16)21-11-7-8-14(3)13-21/h12,14H,5-11,13H2,1-4H3. The van der Waals surface area contributed by atoms with Crippen LogP contribution >= 0.6 is 0 Å². The zero-order chi connectivity index (χ0) is 15.2. The largest absolute Gasteiger partial charge is 0.356 e. The smallest absolute Gasteiger partial charge is 0.227 e. The fourth-order valence-corrected chi connectivity index (χ4v) is 3.09. The Balaban J connectivity index is 2.22. The summed E-state index contributed by atoms with van der Waals surface area (Å²) in [5.41, 5.74) is 1.07. The lowest BCUT2D eigenvalue weighted by molar-refractivity contribution is 0.441. The first-order chi connectivity index (χ1) is 10.1. The molecule has 4 heteroatoms. The SMILES string of the molecule is CCCN(CCC)c1cc(C)nc(N2CCCC(C)C2)n1. The summed E-state index contributed by atoms with van der Waals surface area (Å²) in [6, 6.07) is 2.13. The van der Waals surface area contributed by atoms with Gasteiger partial charge in [-0.2, -0.15) is 4.98 Å². The molecule has 0 aliphatic carbocycles. The van der Waals surface area contributed by atoms with E-state index in [2.05, 4.69) is 48.5 Å². The molecule has 1 aromatic rings. The van der Waals surface area contributed by atoms with Gasteiger partial charge >= 0.3 is 0 Å². The molecule has 0 saturated carbocycles. The third-order valence-electron chi connectivity index (χ3n) is 4.08. The summed E-state index contributed by atoms with van der Waals surface area (Å²) in [4.78, 5) is 14.3. The third-order valence-corrected chi connectivity index (χ3v) is 4.08. The van der Waals surface area contributed by atoms with Gasteiger partial charge in [0.2, 0.25) is 5.95 Å². The fraction of sp³-hybridized carbons (Fsp3) is 0.765. The van der Waals surface area contributed by atoms with Crippen LogP contribution in [-0.2, 0) is 0 Å². The Kier molecular flexibility index (Phi) is 5.83. The van der Waals surface area contributed by atoms with E-state index < -0.39 is 0 Å². The van der Waals surface area contributed by atoms with Crippen LogP contribution in [0.15, 0.2) is 6.07 Å². The predicted molar refractivity (Wildman–Crippen MR) is 90.2 cm³/mol. The average molecular weight is 290 g/mol. The van der Waals surface area contributed by atoms with E-state index in [4.69, 9.17) is 4.98 Å². The van der Waals surface area contributed by atoms with Crippen molar-refractivity contribution in [2.45, 2.75) is 53.4 Å². The quantitative estimate of drug-likeness (QED) is 0.800. The molecule has 118 valence electrons. The first-order valence-electron chi connectivity index (χ1n) is 8.49. The van der Waals surface area contributed by atoms with Gasteiger partial charge in [0.25, 0.3) is 0 Å². The van der Waals surface area contributed by atoms with Crippen LogP contribution in [0.25, 0.3) is 0 Å². The Bertz CT molecular complexity index is 417. The van der Waals surface area contributed by atoms with Crippen molar-refractivity contribution in [1.29, 1.82) is 0 Å². The van der Waals surface area contributed by atoms with Gasteiger partial charge in [-0.05, 0) is 38.5 Å². The van der Waals surface area contributed by atoms with E-state index in [1.807, 2.05) is 0 Å². The van der Waals surface area contributed by atoms with Crippen molar-refractivity contribution in [2.24, 2.45) is 5.92 Å². The molecule has 0 bridgehead atoms. The molecule has 1 atom stereocenters. The van der Waals surface area contributed by atoms with Crippen molar-refractivity contribution in [3.63, 3.8) is 0 Å². The number of aromatic nitrogens is 2. The zero-order valence-electron chi connectivity index (χ0n) is 14.1. The van der Waals surface area contributed by atoms with Crippen LogP contribution < -0.4 is 9.80 Å². The number of piperidine rings is 1. The molecule has 1 unspecified atom stereocenters. The molecule has 2 heterocycles. The van der Waals surface area contributed by atoms with E-state index in [9.17, 15) is 0 Å². The second-order valence-electron chi connectivity index (χ2n) is 6.35. The van der Waals surface area contributed by atoms with Crippen molar-refractivity contribution in [2.75, 3.05) is 36.0 Å². The lowest BCUT2D eigenvalue weighted by Crippen LogP contribution is -2.36. The van der Waals surface area contributed by atoms with Crippen LogP contribution in [0.3, 0.4) is 0 Å². The van der Waals surface area contributed by atoms with Gasteiger partial charge in [-0.25, -0.2) is 4.98 Å². The predicted octanol–water partition coefficient (Wildman–Crippen LogP) is 3.65. The summed E-state index contributed by atoms with van der Waals surface area (Å²) in [7, 11) is 0. The van der Waals surface area contributed by atoms with Crippen molar-refractivity contribution in [3.8, 4) is 0 Å². The van der Waals surface area contributed by atoms with Crippen molar-refractivity contribution < 1.29 is 0 Å². The van der Waals surface area contributed by atoms with Crippen LogP contribution in [0.4, 0.5) is 11.8 Å². The molecule has 21 heavy (non-hydrogen) atoms. The molecular formula is C17H30N4. The molecule has 1 aromatic heterocycles. The van der Waals surface area contributed by atoms with Crippen molar-refractivity contribution in [3.05, 3.63) is 11.8 Å². The summed E-state index contributed by atoms with van der Waals surface area (Å²) >= 11 is 0. The highest BCUT2D eigenvalue weighted by Gasteiger charge is 2.20. The van der Waals surface area contributed by atoms with Crippen LogP contribution in [0, 0.1) is 12.8 Å². The molecule has 0 amide bonds. The van der Waals surface area contributed by atoms with Crippen LogP contribution in [0.1, 0.15) is 52.1 Å². The molecular weight excluding hydrogens is 260 g/mol. The van der Waals surface area contributed by atoms with E-state index in [1.54, 1.807) is 0 Å². The molecule has 0 aromatic carbocycles. The lowest BCUT2D eigenvalue weighted by atomic mass is 10.0. The Labute approximate surface area is 129 Å². The first kappa shape index (κ1) is 16.1. The monoisotopic (exact) mass is 290 g/mol. The highest BCUT2D eigenvalue weighted by molar-refractivity contribution is 5.46. The van der Waals surface area contributed by atoms with Gasteiger partial charge in [0.15, 0.2) is 0 Å². The minimum absolute atomic E-state index is 0.744. The summed E-state index contributed by atoms with van der Waals surface area (Å²) < 4.78 is 0. The van der Waals surface area contributed by atoms with Gasteiger partial charge in [-0.1, -0.05) is 20.8 Å². The maximum Gasteiger partial charge on any atom is 0.227 e. The Morgan fingerprint density at radius 3 is 2.57 bits per heavy atom. The fourth-order valence-electron chi connectivity index (χ4n) is 3.09. The Morgan fingerprint density at radius 2 is 1.95 bits per heavy atom. The van der Waals surface area contributed by atoms with Crippen LogP contribution in [-0.4, -0.2) is 36.1 Å². The van der Waals surface area contributed by atoms with Gasteiger partial charge in [0, 0.05) is 37.9 Å². The van der Waals surface area contributed by atoms with E-state index in [0.717, 1.165) is 62.4 Å². The van der Waals surface area contributed by atoms with Gasteiger partial charge in [-0.3, -0.25) is 0 Å². The van der Waals surface area contributed by atoms with Gasteiger partial charge in [0.05, 0.1) is 0 Å². The summed E-state index contributed by atoms with van der Waals surface area (Å²) in [6.07, 6.45) is 4.88. The normalized spacial score (nSPS) is 18.9. The number of nitrogens with zero attached hydrogens (tertiary/aromatic N) is 4. The molecule has 0 spiro atoms. The second kappa shape index (κ2) is 7.62. The van der Waals surface area contributed by atoms with Gasteiger partial charge in [-0.15, -0.1) is 0 Å². The van der Waals surface area contributed by atoms with Crippen LogP contribution in [0.2, 0.25) is 0 Å². The summed E-state index contributed by atoms with van der Waals surface area (Å²) in [5, 5.41) is 0. The third kappa shape index (κ3) is 4.32. The van der Waals surface area contributed by atoms with E-state index in [0.29, 0.717) is 0 Å². The van der Waals surface area contributed by atoms with E-state index in [-0.39, 0.29) is 0 Å². The van der Waals surface area contributed by atoms with Crippen molar-refractivity contribution in [1.82, 2.24) is 9.97 Å². The molecule has 1 aliphatic rings. The second-order valence-corrected chi connectivity index (χ2v) is 6.35. The summed E-state index contributed by atoms with van der Waals surface area (Å²) in [6.45, 7) is 13.2. The zero-order valence-corrected chi connectivity index (χ0v) is 14.1. The van der Waals surface area contributed by atoms with Gasteiger partial charge in [0.1, 0.15) is 5.82 Å². The number of hydrogen-bond acceptors (Lipinski definition) is 4. The number of anilines is 2. The van der Waals surface area contributed by atoms with E-state index >= 15 is 0 Å². The van der Waals surface area contributed by atoms with E-state index in [1.165, 1.54) is 12.8 Å². The lowest BCUT2D eigenvalue weighted by Gasteiger charge is -2.32. The molecule has 1 aliphatic heterocycles. The average Bonchev–Trinajstić information content (AvgIpc) is 2.46. The molecule has 1 saturated heterocycles. The number of hydrogen-bond donors (Lipinski definition) is 0. The van der Waals surface area contributed by atoms with Gasteiger partial charge < -0.3 is 9.80 Å². The maximum absolute atomic E-state index is 4.87.